The summed E-state index contributed by atoms with van der Waals surface area (Å²) < 4.78 is 6.24. The fraction of sp³-hybridized carbons (Fsp3) is 0.393. The minimum atomic E-state index is -0.150. The van der Waals surface area contributed by atoms with Gasteiger partial charge in [-0.15, -0.1) is 0 Å². The lowest BCUT2D eigenvalue weighted by molar-refractivity contribution is 0.213. The molecule has 4 aliphatic rings. The van der Waals surface area contributed by atoms with Gasteiger partial charge in [0.15, 0.2) is 0 Å². The molecule has 38 heavy (non-hydrogen) atoms. The lowest BCUT2D eigenvalue weighted by Crippen LogP contribution is -2.48. The molecule has 1 fully saturated rings. The molecular weight excluding hydrogens is 502 g/mol. The number of hydrogen-bond donors (Lipinski definition) is 1. The van der Waals surface area contributed by atoms with E-state index in [1.54, 1.807) is 16.0 Å². The first-order valence-corrected chi connectivity index (χ1v) is 13.5. The smallest absolute Gasteiger partial charge is 0.330 e. The third-order valence-electron chi connectivity index (χ3n) is 7.45. The first-order valence-electron chi connectivity index (χ1n) is 13.1. The van der Waals surface area contributed by atoms with Crippen molar-refractivity contribution in [3.05, 3.63) is 64.5 Å². The Hall–Kier alpha value is -3.56. The lowest BCUT2D eigenvalue weighted by Gasteiger charge is -2.38. The maximum absolute atomic E-state index is 13.8. The summed E-state index contributed by atoms with van der Waals surface area (Å²) in [6.45, 7) is 7.06. The molecule has 4 heterocycles. The maximum Gasteiger partial charge on any atom is 0.330 e. The van der Waals surface area contributed by atoms with Crippen LogP contribution < -0.4 is 19.9 Å². The quantitative estimate of drug-likeness (QED) is 0.553. The number of urea groups is 1. The Morgan fingerprint density at radius 1 is 1.11 bits per heavy atom. The summed E-state index contributed by atoms with van der Waals surface area (Å²) >= 11 is 6.63. The molecule has 1 saturated heterocycles. The van der Waals surface area contributed by atoms with Crippen LogP contribution in [0.2, 0.25) is 0 Å². The number of benzene rings is 1. The third-order valence-corrected chi connectivity index (χ3v) is 7.82. The molecule has 0 radical (unpaired) electrons. The SMILES string of the molecule is CC1=CCCC(Cl)=C1N1Cc2cnc3nc2N(C/C=C\COc2cc(ccc2N2CCN(C)CC2)N3)C1=O. The van der Waals surface area contributed by atoms with Crippen molar-refractivity contribution < 1.29 is 9.53 Å². The monoisotopic (exact) mass is 533 g/mol. The minimum Gasteiger partial charge on any atom is -0.487 e. The van der Waals surface area contributed by atoms with E-state index in [0.29, 0.717) is 36.5 Å². The first kappa shape index (κ1) is 24.8. The fourth-order valence-electron chi connectivity index (χ4n) is 5.35. The van der Waals surface area contributed by atoms with Gasteiger partial charge in [0, 0.05) is 61.3 Å². The molecule has 2 amide bonds. The number of likely N-dealkylation sites (N-methyl/N-ethyl adjacent to an activating group) is 1. The number of fused-ring (bicyclic) bond motifs is 3. The van der Waals surface area contributed by atoms with E-state index in [2.05, 4.69) is 39.3 Å². The second-order valence-electron chi connectivity index (χ2n) is 10.1. The molecule has 9 nitrogen and oxygen atoms in total. The van der Waals surface area contributed by atoms with Crippen molar-refractivity contribution in [3.8, 4) is 5.75 Å². The fourth-order valence-corrected chi connectivity index (χ4v) is 5.71. The highest BCUT2D eigenvalue weighted by Crippen LogP contribution is 2.37. The van der Waals surface area contributed by atoms with Gasteiger partial charge in [-0.2, -0.15) is 4.98 Å². The van der Waals surface area contributed by atoms with E-state index in [-0.39, 0.29) is 6.03 Å². The van der Waals surface area contributed by atoms with Crippen molar-refractivity contribution in [1.82, 2.24) is 19.8 Å². The highest BCUT2D eigenvalue weighted by Gasteiger charge is 2.35. The highest BCUT2D eigenvalue weighted by molar-refractivity contribution is 6.30. The van der Waals surface area contributed by atoms with Gasteiger partial charge >= 0.3 is 6.03 Å². The van der Waals surface area contributed by atoms with Crippen LogP contribution in [0.1, 0.15) is 25.3 Å². The van der Waals surface area contributed by atoms with E-state index in [1.807, 2.05) is 31.2 Å². The number of amides is 2. The van der Waals surface area contributed by atoms with Crippen molar-refractivity contribution in [2.24, 2.45) is 0 Å². The largest absolute Gasteiger partial charge is 0.487 e. The number of hydrogen-bond acceptors (Lipinski definition) is 7. The van der Waals surface area contributed by atoms with Crippen LogP contribution in [0, 0.1) is 0 Å². The molecule has 0 saturated carbocycles. The number of anilines is 4. The first-order chi connectivity index (χ1) is 18.5. The van der Waals surface area contributed by atoms with Crippen LogP contribution in [0.4, 0.5) is 27.9 Å². The number of piperazine rings is 1. The van der Waals surface area contributed by atoms with Crippen molar-refractivity contribution in [3.63, 3.8) is 0 Å². The summed E-state index contributed by atoms with van der Waals surface area (Å²) in [7, 11) is 2.15. The number of nitrogens with one attached hydrogen (secondary N) is 1. The second-order valence-corrected chi connectivity index (χ2v) is 10.5. The second kappa shape index (κ2) is 10.3. The van der Waals surface area contributed by atoms with Gasteiger partial charge in [-0.1, -0.05) is 23.8 Å². The molecule has 1 N–H and O–H groups in total. The van der Waals surface area contributed by atoms with Crippen molar-refractivity contribution in [1.29, 1.82) is 0 Å². The van der Waals surface area contributed by atoms with Crippen LogP contribution in [-0.2, 0) is 6.54 Å². The third kappa shape index (κ3) is 4.72. The molecule has 10 heteroatoms. The van der Waals surface area contributed by atoms with Crippen LogP contribution in [0.25, 0.3) is 0 Å². The lowest BCUT2D eigenvalue weighted by atomic mass is 10.0. The number of allylic oxidation sites excluding steroid dienone is 3. The molecule has 2 aromatic rings. The van der Waals surface area contributed by atoms with E-state index in [1.165, 1.54) is 0 Å². The van der Waals surface area contributed by atoms with Crippen LogP contribution in [-0.4, -0.2) is 72.2 Å². The van der Waals surface area contributed by atoms with E-state index in [9.17, 15) is 4.79 Å². The Balaban J connectivity index is 1.33. The van der Waals surface area contributed by atoms with Gasteiger partial charge in [0.2, 0.25) is 5.95 Å². The molecule has 0 unspecified atom stereocenters. The van der Waals surface area contributed by atoms with Gasteiger partial charge in [-0.05, 0) is 50.6 Å². The van der Waals surface area contributed by atoms with Crippen LogP contribution >= 0.6 is 11.6 Å². The number of carbonyl (C=O) groups excluding carboxylic acids is 1. The van der Waals surface area contributed by atoms with E-state index in [0.717, 1.165) is 73.0 Å². The summed E-state index contributed by atoms with van der Waals surface area (Å²) in [5.41, 5.74) is 4.59. The highest BCUT2D eigenvalue weighted by atomic mass is 35.5. The molecule has 1 aromatic heterocycles. The Kier molecular flexibility index (Phi) is 6.71. The van der Waals surface area contributed by atoms with E-state index in [4.69, 9.17) is 21.3 Å². The molecule has 0 atom stereocenters. The number of rotatable bonds is 2. The van der Waals surface area contributed by atoms with Crippen LogP contribution in [0.15, 0.2) is 58.9 Å². The zero-order valence-corrected chi connectivity index (χ0v) is 22.5. The summed E-state index contributed by atoms with van der Waals surface area (Å²) in [5.74, 6) is 1.85. The number of aromatic nitrogens is 2. The van der Waals surface area contributed by atoms with Gasteiger partial charge in [0.25, 0.3) is 0 Å². The Morgan fingerprint density at radius 2 is 1.95 bits per heavy atom. The average Bonchev–Trinajstić information content (AvgIpc) is 2.91. The zero-order chi connectivity index (χ0) is 26.2. The molecule has 0 spiro atoms. The number of nitrogens with zero attached hydrogens (tertiary/aromatic N) is 6. The molecule has 1 aromatic carbocycles. The average molecular weight is 534 g/mol. The predicted molar refractivity (Wildman–Crippen MR) is 150 cm³/mol. The normalized spacial score (nSPS) is 21.1. The van der Waals surface area contributed by atoms with Crippen LogP contribution in [0.3, 0.4) is 0 Å². The minimum absolute atomic E-state index is 0.150. The summed E-state index contributed by atoms with van der Waals surface area (Å²) in [4.78, 5) is 31.3. The molecule has 6 rings (SSSR count). The summed E-state index contributed by atoms with van der Waals surface area (Å²) in [6.07, 6.45) is 9.46. The standard InChI is InChI=1S/C28H32ClN7O2/c1-19-6-5-7-22(29)25(19)36-18-20-17-30-27-31-21-8-9-23(34-13-11-33(2)12-14-34)24(16-21)38-15-4-3-10-35(28(36)37)26(20)32-27/h3-4,6,8-9,16-17H,5,7,10-15,18H2,1-2H3,(H,30,31,32)/b4-3-. The summed E-state index contributed by atoms with van der Waals surface area (Å²) in [5, 5.41) is 4.03. The zero-order valence-electron chi connectivity index (χ0n) is 21.8. The molecule has 198 valence electrons. The molecule has 1 aliphatic carbocycles. The van der Waals surface area contributed by atoms with Gasteiger partial charge in [-0.25, -0.2) is 9.78 Å². The van der Waals surface area contributed by atoms with E-state index < -0.39 is 0 Å². The Morgan fingerprint density at radius 3 is 2.76 bits per heavy atom. The van der Waals surface area contributed by atoms with Gasteiger partial charge in [0.1, 0.15) is 18.2 Å². The number of ether oxygens (including phenoxy) is 1. The number of halogens is 1. The van der Waals surface area contributed by atoms with Crippen molar-refractivity contribution in [2.45, 2.75) is 26.3 Å². The molecule has 3 aliphatic heterocycles. The van der Waals surface area contributed by atoms with E-state index >= 15 is 0 Å². The molecular formula is C28H32ClN7O2. The van der Waals surface area contributed by atoms with Gasteiger partial charge < -0.3 is 19.9 Å². The van der Waals surface area contributed by atoms with Gasteiger partial charge in [-0.3, -0.25) is 9.80 Å². The maximum atomic E-state index is 13.8. The Bertz CT molecular complexity index is 1350. The summed E-state index contributed by atoms with van der Waals surface area (Å²) in [6, 6.07) is 5.97. The Labute approximate surface area is 228 Å². The topological polar surface area (TPSA) is 77.1 Å². The predicted octanol–water partition coefficient (Wildman–Crippen LogP) is 4.85. The van der Waals surface area contributed by atoms with Crippen molar-refractivity contribution in [2.75, 3.05) is 61.5 Å². The molecule has 4 bridgehead atoms. The van der Waals surface area contributed by atoms with Crippen molar-refractivity contribution >= 4 is 40.8 Å². The van der Waals surface area contributed by atoms with Gasteiger partial charge in [0.05, 0.1) is 17.9 Å². The number of carbonyl (C=O) groups is 1. The van der Waals surface area contributed by atoms with Crippen LogP contribution in [0.5, 0.6) is 5.75 Å².